The maximum absolute atomic E-state index is 10.7. The molecule has 0 heterocycles. The molecule has 1 aromatic carbocycles. The van der Waals surface area contributed by atoms with Gasteiger partial charge in [-0.2, -0.15) is 4.99 Å². The van der Waals surface area contributed by atoms with Gasteiger partial charge in [-0.1, -0.05) is 19.9 Å². The van der Waals surface area contributed by atoms with Crippen molar-refractivity contribution in [1.82, 2.24) is 0 Å². The van der Waals surface area contributed by atoms with Gasteiger partial charge in [0.15, 0.2) is 0 Å². The van der Waals surface area contributed by atoms with Crippen molar-refractivity contribution in [1.29, 1.82) is 0 Å². The molecule has 0 aliphatic carbocycles. The molecule has 0 atom stereocenters. The van der Waals surface area contributed by atoms with E-state index in [1.807, 2.05) is 13.8 Å². The van der Waals surface area contributed by atoms with E-state index in [2.05, 4.69) is 22.4 Å². The fourth-order valence-electron chi connectivity index (χ4n) is 0.963. The minimum absolute atomic E-state index is 0.242. The van der Waals surface area contributed by atoms with Crippen LogP contribution in [-0.4, -0.2) is 16.2 Å². The molecule has 4 heteroatoms. The Hall–Kier alpha value is -1.51. The van der Waals surface area contributed by atoms with E-state index in [-0.39, 0.29) is 5.56 Å². The molecule has 0 saturated heterocycles. The molecule has 0 unspecified atom stereocenters. The molecular formula is C11H13NO2S. The van der Waals surface area contributed by atoms with Crippen molar-refractivity contribution in [2.45, 2.75) is 20.8 Å². The number of carboxylic acid groups (broad SMARTS) is 1. The molecular weight excluding hydrogens is 210 g/mol. The van der Waals surface area contributed by atoms with Gasteiger partial charge >= 0.3 is 5.97 Å². The average Bonchev–Trinajstić information content (AvgIpc) is 2.24. The van der Waals surface area contributed by atoms with Gasteiger partial charge in [0, 0.05) is 0 Å². The van der Waals surface area contributed by atoms with Crippen LogP contribution in [-0.2, 0) is 0 Å². The quantitative estimate of drug-likeness (QED) is 0.617. The van der Waals surface area contributed by atoms with Crippen LogP contribution in [0.3, 0.4) is 0 Å². The molecule has 1 N–H and O–H groups in total. The maximum atomic E-state index is 10.7. The van der Waals surface area contributed by atoms with Crippen LogP contribution in [0.2, 0.25) is 0 Å². The molecule has 0 radical (unpaired) electrons. The number of benzene rings is 1. The first-order valence-corrected chi connectivity index (χ1v) is 4.98. The van der Waals surface area contributed by atoms with Crippen LogP contribution < -0.4 is 0 Å². The third-order valence-electron chi connectivity index (χ3n) is 1.63. The van der Waals surface area contributed by atoms with Crippen molar-refractivity contribution in [2.24, 2.45) is 4.99 Å². The molecule has 0 aliphatic rings. The van der Waals surface area contributed by atoms with Gasteiger partial charge in [0.1, 0.15) is 0 Å². The normalized spacial score (nSPS) is 8.20. The van der Waals surface area contributed by atoms with E-state index in [0.717, 1.165) is 0 Å². The average molecular weight is 223 g/mol. The first kappa shape index (κ1) is 13.5. The molecule has 0 amide bonds. The fraction of sp³-hybridized carbons (Fsp3) is 0.273. The van der Waals surface area contributed by atoms with Gasteiger partial charge in [-0.05, 0) is 36.8 Å². The third-order valence-corrected chi connectivity index (χ3v) is 1.72. The molecule has 0 fully saturated rings. The van der Waals surface area contributed by atoms with Gasteiger partial charge in [0.05, 0.1) is 16.4 Å². The highest BCUT2D eigenvalue weighted by molar-refractivity contribution is 7.78. The lowest BCUT2D eigenvalue weighted by molar-refractivity contribution is 0.0696. The number of aromatic carboxylic acids is 1. The molecule has 0 spiro atoms. The van der Waals surface area contributed by atoms with E-state index < -0.39 is 5.97 Å². The topological polar surface area (TPSA) is 49.7 Å². The predicted molar refractivity (Wildman–Crippen MR) is 64.2 cm³/mol. The second kappa shape index (κ2) is 6.87. The van der Waals surface area contributed by atoms with Crippen LogP contribution in [0.25, 0.3) is 0 Å². The van der Waals surface area contributed by atoms with Gasteiger partial charge in [-0.3, -0.25) is 0 Å². The van der Waals surface area contributed by atoms with Gasteiger partial charge < -0.3 is 5.11 Å². The van der Waals surface area contributed by atoms with Crippen molar-refractivity contribution in [2.75, 3.05) is 0 Å². The second-order valence-corrected chi connectivity index (χ2v) is 2.69. The van der Waals surface area contributed by atoms with Gasteiger partial charge in [-0.15, -0.1) is 0 Å². The molecule has 3 nitrogen and oxygen atoms in total. The number of rotatable bonds is 2. The highest BCUT2D eigenvalue weighted by Gasteiger charge is 2.06. The van der Waals surface area contributed by atoms with Crippen molar-refractivity contribution in [3.63, 3.8) is 0 Å². The van der Waals surface area contributed by atoms with E-state index >= 15 is 0 Å². The van der Waals surface area contributed by atoms with Gasteiger partial charge in [0.25, 0.3) is 0 Å². The lowest BCUT2D eigenvalue weighted by atomic mass is 10.1. The zero-order chi connectivity index (χ0) is 11.8. The molecule has 80 valence electrons. The van der Waals surface area contributed by atoms with E-state index in [1.165, 1.54) is 6.07 Å². The number of nitrogens with zero attached hydrogens (tertiary/aromatic N) is 1. The largest absolute Gasteiger partial charge is 0.478 e. The maximum Gasteiger partial charge on any atom is 0.336 e. The van der Waals surface area contributed by atoms with Crippen molar-refractivity contribution >= 4 is 29.0 Å². The molecule has 1 aromatic rings. The SMILES string of the molecule is CC.Cc1ccc(N=C=S)cc1C(=O)O. The number of thiocarbonyl (C=S) groups is 1. The van der Waals surface area contributed by atoms with Crippen molar-refractivity contribution < 1.29 is 9.90 Å². The summed E-state index contributed by atoms with van der Waals surface area (Å²) >= 11 is 4.41. The summed E-state index contributed by atoms with van der Waals surface area (Å²) in [7, 11) is 0. The first-order valence-electron chi connectivity index (χ1n) is 4.57. The zero-order valence-electron chi connectivity index (χ0n) is 8.94. The van der Waals surface area contributed by atoms with Gasteiger partial charge in [0.2, 0.25) is 0 Å². The predicted octanol–water partition coefficient (Wildman–Crippen LogP) is 3.45. The Morgan fingerprint density at radius 3 is 2.53 bits per heavy atom. The van der Waals surface area contributed by atoms with Crippen LogP contribution in [0.15, 0.2) is 23.2 Å². The number of aliphatic imine (C=N–C) groups is 1. The minimum atomic E-state index is -0.959. The summed E-state index contributed by atoms with van der Waals surface area (Å²) in [4.78, 5) is 14.4. The summed E-state index contributed by atoms with van der Waals surface area (Å²) in [6.45, 7) is 5.73. The van der Waals surface area contributed by atoms with Crippen LogP contribution in [0.1, 0.15) is 29.8 Å². The molecule has 0 saturated carbocycles. The Labute approximate surface area is 94.5 Å². The van der Waals surface area contributed by atoms with Crippen LogP contribution in [0.4, 0.5) is 5.69 Å². The Morgan fingerprint density at radius 2 is 2.07 bits per heavy atom. The highest BCUT2D eigenvalue weighted by atomic mass is 32.1. The van der Waals surface area contributed by atoms with E-state index in [1.54, 1.807) is 19.1 Å². The molecule has 0 aliphatic heterocycles. The molecule has 0 aromatic heterocycles. The van der Waals surface area contributed by atoms with Crippen molar-refractivity contribution in [3.05, 3.63) is 29.3 Å². The zero-order valence-corrected chi connectivity index (χ0v) is 9.76. The van der Waals surface area contributed by atoms with Crippen LogP contribution in [0, 0.1) is 6.92 Å². The number of carbonyl (C=O) groups is 1. The van der Waals surface area contributed by atoms with Crippen LogP contribution in [0.5, 0.6) is 0 Å². The Morgan fingerprint density at radius 1 is 1.47 bits per heavy atom. The summed E-state index contributed by atoms with van der Waals surface area (Å²) in [5, 5.41) is 11.0. The Bertz CT molecular complexity index is 396. The summed E-state index contributed by atoms with van der Waals surface area (Å²) in [6.07, 6.45) is 0. The lowest BCUT2D eigenvalue weighted by Gasteiger charge is -1.99. The summed E-state index contributed by atoms with van der Waals surface area (Å²) in [5.74, 6) is -0.959. The monoisotopic (exact) mass is 223 g/mol. The number of aryl methyl sites for hydroxylation is 1. The Kier molecular flexibility index (Phi) is 6.18. The van der Waals surface area contributed by atoms with E-state index in [4.69, 9.17) is 5.11 Å². The van der Waals surface area contributed by atoms with E-state index in [0.29, 0.717) is 11.3 Å². The van der Waals surface area contributed by atoms with E-state index in [9.17, 15) is 4.79 Å². The van der Waals surface area contributed by atoms with Gasteiger partial charge in [-0.25, -0.2) is 4.79 Å². The summed E-state index contributed by atoms with van der Waals surface area (Å²) < 4.78 is 0. The third kappa shape index (κ3) is 4.02. The fourth-order valence-corrected chi connectivity index (χ4v) is 1.07. The summed E-state index contributed by atoms with van der Waals surface area (Å²) in [6, 6.07) is 4.85. The number of hydrogen-bond acceptors (Lipinski definition) is 3. The molecule has 15 heavy (non-hydrogen) atoms. The minimum Gasteiger partial charge on any atom is -0.478 e. The smallest absolute Gasteiger partial charge is 0.336 e. The van der Waals surface area contributed by atoms with Crippen molar-refractivity contribution in [3.8, 4) is 0 Å². The standard InChI is InChI=1S/C9H7NO2S.C2H6/c1-6-2-3-7(10-5-13)4-8(6)9(11)12;1-2/h2-4H,1H3,(H,11,12);1-2H3. The number of carboxylic acids is 1. The second-order valence-electron chi connectivity index (χ2n) is 2.51. The first-order chi connectivity index (χ1) is 7.15. The highest BCUT2D eigenvalue weighted by Crippen LogP contribution is 2.17. The van der Waals surface area contributed by atoms with Crippen LogP contribution >= 0.6 is 12.2 Å². The molecule has 1 rings (SSSR count). The summed E-state index contributed by atoms with van der Waals surface area (Å²) in [5.41, 5.74) is 1.46. The number of hydrogen-bond donors (Lipinski definition) is 1. The Balaban J connectivity index is 0.000000921. The number of isothiocyanates is 1. The molecule has 0 bridgehead atoms. The lowest BCUT2D eigenvalue weighted by Crippen LogP contribution is -1.98.